The molecule has 2 N–H and O–H groups in total. The SMILES string of the molecule is CCC(C)c1ncc(CNC2CC2)[nH]1. The smallest absolute Gasteiger partial charge is 0.109 e. The lowest BCUT2D eigenvalue weighted by atomic mass is 10.1. The average molecular weight is 193 g/mol. The monoisotopic (exact) mass is 193 g/mol. The highest BCUT2D eigenvalue weighted by Gasteiger charge is 2.20. The second-order valence-electron chi connectivity index (χ2n) is 4.26. The summed E-state index contributed by atoms with van der Waals surface area (Å²) in [6.45, 7) is 5.33. The van der Waals surface area contributed by atoms with Crippen LogP contribution in [0.25, 0.3) is 0 Å². The molecule has 0 radical (unpaired) electrons. The number of rotatable bonds is 5. The van der Waals surface area contributed by atoms with Crippen molar-refractivity contribution in [3.05, 3.63) is 17.7 Å². The molecule has 1 fully saturated rings. The van der Waals surface area contributed by atoms with Gasteiger partial charge in [-0.3, -0.25) is 0 Å². The first kappa shape index (κ1) is 9.71. The first-order valence-corrected chi connectivity index (χ1v) is 5.56. The van der Waals surface area contributed by atoms with Gasteiger partial charge in [0, 0.05) is 30.4 Å². The van der Waals surface area contributed by atoms with Gasteiger partial charge in [0.15, 0.2) is 0 Å². The Morgan fingerprint density at radius 1 is 1.64 bits per heavy atom. The molecule has 78 valence electrons. The molecule has 1 atom stereocenters. The number of nitrogens with zero attached hydrogens (tertiary/aromatic N) is 1. The Balaban J connectivity index is 1.87. The van der Waals surface area contributed by atoms with Crippen LogP contribution in [0.5, 0.6) is 0 Å². The van der Waals surface area contributed by atoms with E-state index in [0.29, 0.717) is 5.92 Å². The molecule has 0 bridgehead atoms. The highest BCUT2D eigenvalue weighted by molar-refractivity contribution is 5.05. The highest BCUT2D eigenvalue weighted by atomic mass is 15.0. The zero-order chi connectivity index (χ0) is 9.97. The van der Waals surface area contributed by atoms with E-state index in [1.165, 1.54) is 18.5 Å². The maximum absolute atomic E-state index is 4.39. The van der Waals surface area contributed by atoms with E-state index in [9.17, 15) is 0 Å². The standard InChI is InChI=1S/C11H19N3/c1-3-8(2)11-13-7-10(14-11)6-12-9-4-5-9/h7-9,12H,3-6H2,1-2H3,(H,13,14). The molecule has 3 nitrogen and oxygen atoms in total. The molecule has 14 heavy (non-hydrogen) atoms. The van der Waals surface area contributed by atoms with Gasteiger partial charge in [0.25, 0.3) is 0 Å². The second-order valence-corrected chi connectivity index (χ2v) is 4.26. The summed E-state index contributed by atoms with van der Waals surface area (Å²) in [7, 11) is 0. The van der Waals surface area contributed by atoms with Crippen LogP contribution in [0.1, 0.15) is 50.5 Å². The minimum absolute atomic E-state index is 0.546. The Morgan fingerprint density at radius 3 is 3.07 bits per heavy atom. The summed E-state index contributed by atoms with van der Waals surface area (Å²) < 4.78 is 0. The number of imidazole rings is 1. The van der Waals surface area contributed by atoms with Gasteiger partial charge < -0.3 is 10.3 Å². The van der Waals surface area contributed by atoms with Crippen LogP contribution >= 0.6 is 0 Å². The maximum Gasteiger partial charge on any atom is 0.109 e. The van der Waals surface area contributed by atoms with Crippen molar-refractivity contribution < 1.29 is 0 Å². The summed E-state index contributed by atoms with van der Waals surface area (Å²) >= 11 is 0. The third kappa shape index (κ3) is 2.35. The van der Waals surface area contributed by atoms with E-state index >= 15 is 0 Å². The van der Waals surface area contributed by atoms with Crippen molar-refractivity contribution in [2.24, 2.45) is 0 Å². The molecule has 1 aromatic rings. The maximum atomic E-state index is 4.39. The number of hydrogen-bond acceptors (Lipinski definition) is 2. The summed E-state index contributed by atoms with van der Waals surface area (Å²) in [6, 6.07) is 0.769. The molecule has 1 aliphatic rings. The van der Waals surface area contributed by atoms with Crippen molar-refractivity contribution in [2.45, 2.75) is 51.6 Å². The van der Waals surface area contributed by atoms with E-state index in [0.717, 1.165) is 24.8 Å². The van der Waals surface area contributed by atoms with Gasteiger partial charge in [-0.1, -0.05) is 13.8 Å². The van der Waals surface area contributed by atoms with E-state index in [-0.39, 0.29) is 0 Å². The normalized spacial score (nSPS) is 18.4. The summed E-state index contributed by atoms with van der Waals surface area (Å²) in [4.78, 5) is 7.76. The zero-order valence-electron chi connectivity index (χ0n) is 9.01. The van der Waals surface area contributed by atoms with E-state index in [1.54, 1.807) is 0 Å². The van der Waals surface area contributed by atoms with Crippen LogP contribution in [-0.4, -0.2) is 16.0 Å². The van der Waals surface area contributed by atoms with Crippen LogP contribution in [0.15, 0.2) is 6.20 Å². The predicted octanol–water partition coefficient (Wildman–Crippen LogP) is 2.18. The van der Waals surface area contributed by atoms with Gasteiger partial charge in [-0.2, -0.15) is 0 Å². The Bertz CT molecular complexity index is 288. The fourth-order valence-electron chi connectivity index (χ4n) is 1.45. The molecule has 1 heterocycles. The van der Waals surface area contributed by atoms with Crippen molar-refractivity contribution in [2.75, 3.05) is 0 Å². The minimum Gasteiger partial charge on any atom is -0.345 e. The zero-order valence-corrected chi connectivity index (χ0v) is 9.01. The molecule has 0 saturated heterocycles. The van der Waals surface area contributed by atoms with Gasteiger partial charge in [-0.05, 0) is 19.3 Å². The summed E-state index contributed by atoms with van der Waals surface area (Å²) in [5, 5.41) is 3.47. The molecule has 0 spiro atoms. The summed E-state index contributed by atoms with van der Waals surface area (Å²) in [5.74, 6) is 1.67. The number of aromatic nitrogens is 2. The molecular weight excluding hydrogens is 174 g/mol. The van der Waals surface area contributed by atoms with Gasteiger partial charge in [-0.15, -0.1) is 0 Å². The van der Waals surface area contributed by atoms with Crippen molar-refractivity contribution in [3.8, 4) is 0 Å². The molecule has 0 aliphatic heterocycles. The molecule has 1 saturated carbocycles. The Labute approximate surface area is 85.3 Å². The average Bonchev–Trinajstić information content (AvgIpc) is 2.92. The molecule has 0 aromatic carbocycles. The fourth-order valence-corrected chi connectivity index (χ4v) is 1.45. The van der Waals surface area contributed by atoms with Gasteiger partial charge in [-0.25, -0.2) is 4.98 Å². The summed E-state index contributed by atoms with van der Waals surface area (Å²) in [5.41, 5.74) is 1.22. The number of H-pyrrole nitrogens is 1. The van der Waals surface area contributed by atoms with Crippen molar-refractivity contribution >= 4 is 0 Å². The first-order valence-electron chi connectivity index (χ1n) is 5.56. The van der Waals surface area contributed by atoms with Gasteiger partial charge in [0.2, 0.25) is 0 Å². The first-order chi connectivity index (χ1) is 6.79. The number of hydrogen-bond donors (Lipinski definition) is 2. The molecule has 0 amide bonds. The van der Waals surface area contributed by atoms with Gasteiger partial charge in [0.05, 0.1) is 0 Å². The molecular formula is C11H19N3. The third-order valence-corrected chi connectivity index (χ3v) is 2.89. The topological polar surface area (TPSA) is 40.7 Å². The highest BCUT2D eigenvalue weighted by Crippen LogP contribution is 2.19. The van der Waals surface area contributed by atoms with E-state index in [4.69, 9.17) is 0 Å². The van der Waals surface area contributed by atoms with Crippen LogP contribution < -0.4 is 5.32 Å². The van der Waals surface area contributed by atoms with E-state index in [2.05, 4.69) is 29.1 Å². The molecule has 2 rings (SSSR count). The van der Waals surface area contributed by atoms with Crippen molar-refractivity contribution in [1.82, 2.24) is 15.3 Å². The largest absolute Gasteiger partial charge is 0.345 e. The molecule has 1 aromatic heterocycles. The lowest BCUT2D eigenvalue weighted by molar-refractivity contribution is 0.661. The van der Waals surface area contributed by atoms with Crippen LogP contribution in [0.3, 0.4) is 0 Å². The van der Waals surface area contributed by atoms with Crippen molar-refractivity contribution in [3.63, 3.8) is 0 Å². The fraction of sp³-hybridized carbons (Fsp3) is 0.727. The predicted molar refractivity (Wildman–Crippen MR) is 57.2 cm³/mol. The second kappa shape index (κ2) is 4.13. The number of nitrogens with one attached hydrogen (secondary N) is 2. The lowest BCUT2D eigenvalue weighted by Crippen LogP contribution is -2.15. The van der Waals surface area contributed by atoms with Gasteiger partial charge >= 0.3 is 0 Å². The van der Waals surface area contributed by atoms with Gasteiger partial charge in [0.1, 0.15) is 5.82 Å². The van der Waals surface area contributed by atoms with E-state index in [1.807, 2.05) is 6.20 Å². The van der Waals surface area contributed by atoms with Crippen LogP contribution in [0.2, 0.25) is 0 Å². The third-order valence-electron chi connectivity index (χ3n) is 2.89. The molecule has 1 aliphatic carbocycles. The quantitative estimate of drug-likeness (QED) is 0.752. The molecule has 1 unspecified atom stereocenters. The number of aromatic amines is 1. The molecule has 3 heteroatoms. The Kier molecular flexibility index (Phi) is 2.87. The minimum atomic E-state index is 0.546. The van der Waals surface area contributed by atoms with Crippen molar-refractivity contribution in [1.29, 1.82) is 0 Å². The van der Waals surface area contributed by atoms with Crippen LogP contribution in [0, 0.1) is 0 Å². The van der Waals surface area contributed by atoms with Crippen LogP contribution in [-0.2, 0) is 6.54 Å². The summed E-state index contributed by atoms with van der Waals surface area (Å²) in [6.07, 6.45) is 5.78. The van der Waals surface area contributed by atoms with E-state index < -0.39 is 0 Å². The Hall–Kier alpha value is -0.830. The lowest BCUT2D eigenvalue weighted by Gasteiger charge is -2.03. The Morgan fingerprint density at radius 2 is 2.43 bits per heavy atom. The van der Waals surface area contributed by atoms with Crippen LogP contribution in [0.4, 0.5) is 0 Å².